The van der Waals surface area contributed by atoms with Crippen LogP contribution in [0, 0.1) is 5.82 Å². The van der Waals surface area contributed by atoms with E-state index in [0.717, 1.165) is 0 Å². The van der Waals surface area contributed by atoms with E-state index in [1.165, 1.54) is 12.1 Å². The Hall–Kier alpha value is -2.44. The van der Waals surface area contributed by atoms with Gasteiger partial charge in [-0.25, -0.2) is 4.39 Å². The Bertz CT molecular complexity index is 691. The van der Waals surface area contributed by atoms with Crippen LogP contribution in [0.15, 0.2) is 48.5 Å². The van der Waals surface area contributed by atoms with Gasteiger partial charge >= 0.3 is 0 Å². The van der Waals surface area contributed by atoms with E-state index in [9.17, 15) is 14.3 Å². The molecule has 0 saturated carbocycles. The minimum Gasteiger partial charge on any atom is -0.495 e. The molecule has 0 fully saturated rings. The average molecular weight is 346 g/mol. The lowest BCUT2D eigenvalue weighted by atomic mass is 10.1. The maximum Gasteiger partial charge on any atom is 0.226 e. The molecule has 2 unspecified atom stereocenters. The van der Waals surface area contributed by atoms with Crippen LogP contribution in [0.4, 0.5) is 10.1 Å². The third-order valence-electron chi connectivity index (χ3n) is 3.79. The number of aliphatic hydroxyl groups is 1. The quantitative estimate of drug-likeness (QED) is 0.687. The van der Waals surface area contributed by atoms with Crippen molar-refractivity contribution in [3.05, 3.63) is 59.9 Å². The molecule has 0 aliphatic heterocycles. The van der Waals surface area contributed by atoms with Crippen molar-refractivity contribution in [2.45, 2.75) is 25.5 Å². The van der Waals surface area contributed by atoms with Gasteiger partial charge in [0.1, 0.15) is 11.6 Å². The first-order valence-electron chi connectivity index (χ1n) is 8.09. The topological polar surface area (TPSA) is 70.6 Å². The number of halogens is 1. The number of hydrogen-bond donors (Lipinski definition) is 3. The molecule has 5 nitrogen and oxygen atoms in total. The second-order valence-electron chi connectivity index (χ2n) is 5.83. The van der Waals surface area contributed by atoms with E-state index < -0.39 is 6.10 Å². The van der Waals surface area contributed by atoms with E-state index in [0.29, 0.717) is 17.0 Å². The van der Waals surface area contributed by atoms with Gasteiger partial charge in [0, 0.05) is 19.0 Å². The van der Waals surface area contributed by atoms with Crippen molar-refractivity contribution in [2.24, 2.45) is 0 Å². The summed E-state index contributed by atoms with van der Waals surface area (Å²) in [6, 6.07) is 12.8. The standard InChI is InChI=1S/C19H23FN2O3/c1-13(21-12-17(23)14-7-9-15(20)10-8-14)11-19(24)22-16-5-3-4-6-18(16)25-2/h3-10,13,17,21,23H,11-12H2,1-2H3,(H,22,24). The first-order chi connectivity index (χ1) is 12.0. The van der Waals surface area contributed by atoms with Crippen molar-refractivity contribution < 1.29 is 19.0 Å². The van der Waals surface area contributed by atoms with Crippen molar-refractivity contribution in [2.75, 3.05) is 19.0 Å². The van der Waals surface area contributed by atoms with Gasteiger partial charge in [0.2, 0.25) is 5.91 Å². The van der Waals surface area contributed by atoms with E-state index in [4.69, 9.17) is 4.74 Å². The molecule has 25 heavy (non-hydrogen) atoms. The molecule has 0 heterocycles. The van der Waals surface area contributed by atoms with Gasteiger partial charge in [-0.2, -0.15) is 0 Å². The Balaban J connectivity index is 1.80. The summed E-state index contributed by atoms with van der Waals surface area (Å²) in [6.45, 7) is 2.13. The van der Waals surface area contributed by atoms with E-state index >= 15 is 0 Å². The van der Waals surface area contributed by atoms with Crippen LogP contribution in [0.5, 0.6) is 5.75 Å². The highest BCUT2D eigenvalue weighted by atomic mass is 19.1. The van der Waals surface area contributed by atoms with Crippen LogP contribution in [0.1, 0.15) is 25.0 Å². The van der Waals surface area contributed by atoms with Gasteiger partial charge in [-0.3, -0.25) is 4.79 Å². The molecule has 0 radical (unpaired) electrons. The second-order valence-corrected chi connectivity index (χ2v) is 5.83. The molecular weight excluding hydrogens is 323 g/mol. The van der Waals surface area contributed by atoms with Crippen LogP contribution in [0.2, 0.25) is 0 Å². The number of amides is 1. The van der Waals surface area contributed by atoms with Crippen LogP contribution in [0.25, 0.3) is 0 Å². The third kappa shape index (κ3) is 5.85. The molecule has 0 aliphatic rings. The number of rotatable bonds is 8. The van der Waals surface area contributed by atoms with Crippen molar-refractivity contribution in [1.82, 2.24) is 5.32 Å². The van der Waals surface area contributed by atoms with Crippen molar-refractivity contribution in [1.29, 1.82) is 0 Å². The summed E-state index contributed by atoms with van der Waals surface area (Å²) >= 11 is 0. The lowest BCUT2D eigenvalue weighted by Crippen LogP contribution is -2.33. The van der Waals surface area contributed by atoms with Gasteiger partial charge in [-0.15, -0.1) is 0 Å². The Kier molecular flexibility index (Phi) is 6.91. The molecule has 0 saturated heterocycles. The average Bonchev–Trinajstić information content (AvgIpc) is 2.60. The van der Waals surface area contributed by atoms with Crippen molar-refractivity contribution in [3.63, 3.8) is 0 Å². The highest BCUT2D eigenvalue weighted by molar-refractivity contribution is 5.92. The summed E-state index contributed by atoms with van der Waals surface area (Å²) in [4.78, 5) is 12.1. The van der Waals surface area contributed by atoms with Crippen LogP contribution < -0.4 is 15.4 Å². The van der Waals surface area contributed by atoms with Gasteiger partial charge in [0.05, 0.1) is 18.9 Å². The highest BCUT2D eigenvalue weighted by Gasteiger charge is 2.13. The maximum absolute atomic E-state index is 12.9. The van der Waals surface area contributed by atoms with E-state index in [1.807, 2.05) is 19.1 Å². The second kappa shape index (κ2) is 9.15. The molecule has 3 N–H and O–H groups in total. The smallest absolute Gasteiger partial charge is 0.226 e. The normalized spacial score (nSPS) is 13.1. The highest BCUT2D eigenvalue weighted by Crippen LogP contribution is 2.23. The summed E-state index contributed by atoms with van der Waals surface area (Å²) in [5.41, 5.74) is 1.24. The summed E-state index contributed by atoms with van der Waals surface area (Å²) in [6.07, 6.45) is -0.519. The number of carbonyl (C=O) groups is 1. The van der Waals surface area contributed by atoms with Crippen LogP contribution in [-0.2, 0) is 4.79 Å². The number of nitrogens with one attached hydrogen (secondary N) is 2. The zero-order valence-corrected chi connectivity index (χ0v) is 14.3. The Morgan fingerprint density at radius 2 is 1.88 bits per heavy atom. The number of para-hydroxylation sites is 2. The predicted molar refractivity (Wildman–Crippen MR) is 95.1 cm³/mol. The van der Waals surface area contributed by atoms with Crippen LogP contribution in [-0.4, -0.2) is 30.7 Å². The summed E-state index contributed by atoms with van der Waals surface area (Å²) < 4.78 is 18.1. The predicted octanol–water partition coefficient (Wildman–Crippen LogP) is 2.87. The largest absolute Gasteiger partial charge is 0.495 e. The molecule has 2 rings (SSSR count). The number of benzene rings is 2. The lowest BCUT2D eigenvalue weighted by Gasteiger charge is -2.17. The van der Waals surface area contributed by atoms with Gasteiger partial charge in [-0.1, -0.05) is 24.3 Å². The van der Waals surface area contributed by atoms with Crippen LogP contribution in [0.3, 0.4) is 0 Å². The molecule has 134 valence electrons. The minimum atomic E-state index is -0.764. The van der Waals surface area contributed by atoms with Crippen LogP contribution >= 0.6 is 0 Å². The van der Waals surface area contributed by atoms with E-state index in [2.05, 4.69) is 10.6 Å². The number of methoxy groups -OCH3 is 1. The summed E-state index contributed by atoms with van der Waals surface area (Å²) in [5.74, 6) is 0.106. The maximum atomic E-state index is 12.9. The summed E-state index contributed by atoms with van der Waals surface area (Å²) in [7, 11) is 1.55. The first-order valence-corrected chi connectivity index (χ1v) is 8.09. The van der Waals surface area contributed by atoms with E-state index in [1.54, 1.807) is 31.4 Å². The monoisotopic (exact) mass is 346 g/mol. The zero-order chi connectivity index (χ0) is 18.2. The minimum absolute atomic E-state index is 0.134. The first kappa shape index (κ1) is 18.9. The fourth-order valence-corrected chi connectivity index (χ4v) is 2.42. The molecule has 1 amide bonds. The molecule has 0 aromatic heterocycles. The Labute approximate surface area is 146 Å². The van der Waals surface area contributed by atoms with Crippen molar-refractivity contribution in [3.8, 4) is 5.75 Å². The van der Waals surface area contributed by atoms with Gasteiger partial charge < -0.3 is 20.5 Å². The molecule has 0 aliphatic carbocycles. The molecular formula is C19H23FN2O3. The van der Waals surface area contributed by atoms with Crippen molar-refractivity contribution >= 4 is 11.6 Å². The number of anilines is 1. The number of hydrogen-bond acceptors (Lipinski definition) is 4. The summed E-state index contributed by atoms with van der Waals surface area (Å²) in [5, 5.41) is 16.0. The lowest BCUT2D eigenvalue weighted by molar-refractivity contribution is -0.116. The SMILES string of the molecule is COc1ccccc1NC(=O)CC(C)NCC(O)c1ccc(F)cc1. The molecule has 2 aromatic carbocycles. The molecule has 2 aromatic rings. The van der Waals surface area contributed by atoms with Gasteiger partial charge in [-0.05, 0) is 36.8 Å². The van der Waals surface area contributed by atoms with Gasteiger partial charge in [0.25, 0.3) is 0 Å². The third-order valence-corrected chi connectivity index (χ3v) is 3.79. The Morgan fingerprint density at radius 3 is 2.56 bits per heavy atom. The zero-order valence-electron chi connectivity index (χ0n) is 14.3. The number of ether oxygens (including phenoxy) is 1. The molecule has 2 atom stereocenters. The number of carbonyl (C=O) groups excluding carboxylic acids is 1. The molecule has 6 heteroatoms. The fraction of sp³-hybridized carbons (Fsp3) is 0.316. The van der Waals surface area contributed by atoms with Gasteiger partial charge in [0.15, 0.2) is 0 Å². The van der Waals surface area contributed by atoms with E-state index in [-0.39, 0.29) is 30.7 Å². The molecule has 0 bridgehead atoms. The Morgan fingerprint density at radius 1 is 1.20 bits per heavy atom. The fourth-order valence-electron chi connectivity index (χ4n) is 2.42. The molecule has 0 spiro atoms. The number of aliphatic hydroxyl groups excluding tert-OH is 1.